The lowest BCUT2D eigenvalue weighted by atomic mass is 9.66. The van der Waals surface area contributed by atoms with E-state index in [9.17, 15) is 9.59 Å². The van der Waals surface area contributed by atoms with Crippen LogP contribution >= 0.6 is 15.9 Å². The maximum absolute atomic E-state index is 13.0. The van der Waals surface area contributed by atoms with Gasteiger partial charge in [-0.15, -0.1) is 0 Å². The van der Waals surface area contributed by atoms with Gasteiger partial charge in [0.05, 0.1) is 10.2 Å². The second kappa shape index (κ2) is 6.11. The Hall–Kier alpha value is -1.36. The van der Waals surface area contributed by atoms with Crippen molar-refractivity contribution in [1.29, 1.82) is 0 Å². The summed E-state index contributed by atoms with van der Waals surface area (Å²) in [5.41, 5.74) is -1.18. The van der Waals surface area contributed by atoms with Gasteiger partial charge in [-0.3, -0.25) is 4.79 Å². The number of alkyl halides is 1. The first kappa shape index (κ1) is 18.4. The summed E-state index contributed by atoms with van der Waals surface area (Å²) < 4.78 is 11.4. The summed E-state index contributed by atoms with van der Waals surface area (Å²) in [5.74, 6) is -0.704. The molecule has 1 aliphatic heterocycles. The van der Waals surface area contributed by atoms with Crippen LogP contribution in [-0.2, 0) is 25.5 Å². The molecule has 1 aromatic carbocycles. The van der Waals surface area contributed by atoms with Gasteiger partial charge in [-0.1, -0.05) is 60.1 Å². The van der Waals surface area contributed by atoms with Gasteiger partial charge in [-0.25, -0.2) is 4.79 Å². The minimum absolute atomic E-state index is 0.0109. The van der Waals surface area contributed by atoms with Crippen molar-refractivity contribution < 1.29 is 19.1 Å². The number of carbonyl (C=O) groups is 2. The van der Waals surface area contributed by atoms with Crippen molar-refractivity contribution in [3.05, 3.63) is 35.9 Å². The van der Waals surface area contributed by atoms with E-state index in [-0.39, 0.29) is 16.9 Å². The lowest BCUT2D eigenvalue weighted by molar-refractivity contribution is -0.186. The van der Waals surface area contributed by atoms with E-state index in [4.69, 9.17) is 9.47 Å². The SMILES string of the molecule is C[C@H](OC(=O)[C@@]12CC[C@@](C)(C(=O)O1)C2(C)C)[C@H](Br)Cc1ccccc1. The molecule has 0 amide bonds. The summed E-state index contributed by atoms with van der Waals surface area (Å²) in [5, 5.41) is 0. The molecule has 4 nitrogen and oxygen atoms in total. The Morgan fingerprint density at radius 1 is 1.24 bits per heavy atom. The second-order valence-electron chi connectivity index (χ2n) is 7.99. The summed E-state index contributed by atoms with van der Waals surface area (Å²) in [6, 6.07) is 10.1. The number of rotatable bonds is 5. The van der Waals surface area contributed by atoms with Crippen molar-refractivity contribution in [2.75, 3.05) is 0 Å². The first-order valence-electron chi connectivity index (χ1n) is 8.76. The molecule has 25 heavy (non-hydrogen) atoms. The van der Waals surface area contributed by atoms with Gasteiger partial charge in [0.15, 0.2) is 0 Å². The topological polar surface area (TPSA) is 52.6 Å². The summed E-state index contributed by atoms with van der Waals surface area (Å²) in [6.45, 7) is 7.64. The predicted octanol–water partition coefficient (Wildman–Crippen LogP) is 4.05. The molecule has 1 heterocycles. The Bertz CT molecular complexity index is 686. The van der Waals surface area contributed by atoms with E-state index < -0.39 is 22.4 Å². The minimum Gasteiger partial charge on any atom is -0.458 e. The van der Waals surface area contributed by atoms with Crippen molar-refractivity contribution >= 4 is 27.9 Å². The largest absolute Gasteiger partial charge is 0.458 e. The molecule has 0 spiro atoms. The molecule has 1 aliphatic carbocycles. The predicted molar refractivity (Wildman–Crippen MR) is 98.4 cm³/mol. The van der Waals surface area contributed by atoms with Gasteiger partial charge < -0.3 is 9.47 Å². The van der Waals surface area contributed by atoms with Crippen LogP contribution in [0.3, 0.4) is 0 Å². The van der Waals surface area contributed by atoms with Crippen LogP contribution in [0.5, 0.6) is 0 Å². The van der Waals surface area contributed by atoms with Crippen LogP contribution in [0.4, 0.5) is 0 Å². The van der Waals surface area contributed by atoms with Gasteiger partial charge in [-0.05, 0) is 38.7 Å². The van der Waals surface area contributed by atoms with E-state index in [0.717, 1.165) is 6.42 Å². The number of benzene rings is 1. The molecular weight excluding hydrogens is 384 g/mol. The molecule has 0 aromatic heterocycles. The normalized spacial score (nSPS) is 32.1. The molecule has 2 aliphatic rings. The van der Waals surface area contributed by atoms with Gasteiger partial charge >= 0.3 is 11.9 Å². The summed E-state index contributed by atoms with van der Waals surface area (Å²) in [6.07, 6.45) is 1.61. The number of esters is 2. The van der Waals surface area contributed by atoms with Crippen molar-refractivity contribution in [2.45, 2.75) is 63.5 Å². The van der Waals surface area contributed by atoms with E-state index in [0.29, 0.717) is 12.8 Å². The van der Waals surface area contributed by atoms with Gasteiger partial charge in [-0.2, -0.15) is 0 Å². The van der Waals surface area contributed by atoms with E-state index >= 15 is 0 Å². The van der Waals surface area contributed by atoms with E-state index in [2.05, 4.69) is 15.9 Å². The highest BCUT2D eigenvalue weighted by molar-refractivity contribution is 9.09. The molecule has 1 saturated carbocycles. The zero-order valence-electron chi connectivity index (χ0n) is 15.2. The van der Waals surface area contributed by atoms with Crippen LogP contribution < -0.4 is 0 Å². The quantitative estimate of drug-likeness (QED) is 0.544. The average Bonchev–Trinajstić information content (AvgIpc) is 2.86. The van der Waals surface area contributed by atoms with E-state index in [1.807, 2.05) is 58.0 Å². The summed E-state index contributed by atoms with van der Waals surface area (Å²) in [7, 11) is 0. The van der Waals surface area contributed by atoms with Crippen molar-refractivity contribution in [3.8, 4) is 0 Å². The van der Waals surface area contributed by atoms with Gasteiger partial charge in [0.1, 0.15) is 6.10 Å². The zero-order valence-corrected chi connectivity index (χ0v) is 16.8. The van der Waals surface area contributed by atoms with Gasteiger partial charge in [0.25, 0.3) is 0 Å². The highest BCUT2D eigenvalue weighted by Gasteiger charge is 2.76. The summed E-state index contributed by atoms with van der Waals surface area (Å²) >= 11 is 3.63. The first-order chi connectivity index (χ1) is 11.6. The number of hydrogen-bond donors (Lipinski definition) is 0. The van der Waals surface area contributed by atoms with E-state index in [1.165, 1.54) is 5.56 Å². The van der Waals surface area contributed by atoms with Crippen LogP contribution in [0.1, 0.15) is 46.1 Å². The van der Waals surface area contributed by atoms with Crippen LogP contribution in [0.2, 0.25) is 0 Å². The molecule has 0 unspecified atom stereocenters. The summed E-state index contributed by atoms with van der Waals surface area (Å²) in [4.78, 5) is 25.3. The highest BCUT2D eigenvalue weighted by atomic mass is 79.9. The number of halogens is 1. The maximum Gasteiger partial charge on any atom is 0.351 e. The number of carbonyl (C=O) groups excluding carboxylic acids is 2. The van der Waals surface area contributed by atoms with Crippen LogP contribution in [-0.4, -0.2) is 28.5 Å². The molecule has 136 valence electrons. The Labute approximate surface area is 157 Å². The van der Waals surface area contributed by atoms with Gasteiger partial charge in [0.2, 0.25) is 5.60 Å². The standard InChI is InChI=1S/C20H25BrO4/c1-13(15(21)12-14-8-6-5-7-9-14)24-17(23)20-11-10-19(4,16(22)25-20)18(20,2)3/h5-9,13,15H,10-12H2,1-4H3/t13-,15+,19-,20+/m0/s1. The highest BCUT2D eigenvalue weighted by Crippen LogP contribution is 2.65. The molecule has 2 fully saturated rings. The van der Waals surface area contributed by atoms with Crippen LogP contribution in [0.15, 0.2) is 30.3 Å². The Kier molecular flexibility index (Phi) is 4.51. The first-order valence-corrected chi connectivity index (χ1v) is 9.68. The van der Waals surface area contributed by atoms with E-state index in [1.54, 1.807) is 0 Å². The third-order valence-electron chi connectivity index (χ3n) is 6.49. The fourth-order valence-electron chi connectivity index (χ4n) is 4.05. The van der Waals surface area contributed by atoms with Crippen molar-refractivity contribution in [3.63, 3.8) is 0 Å². The Morgan fingerprint density at radius 2 is 1.88 bits per heavy atom. The molecule has 5 heteroatoms. The Morgan fingerprint density at radius 3 is 2.40 bits per heavy atom. The number of fused-ring (bicyclic) bond motifs is 2. The zero-order chi connectivity index (χ0) is 18.5. The second-order valence-corrected chi connectivity index (χ2v) is 9.17. The van der Waals surface area contributed by atoms with Crippen molar-refractivity contribution in [2.24, 2.45) is 10.8 Å². The molecular formula is C20H25BrO4. The average molecular weight is 409 g/mol. The minimum atomic E-state index is -1.16. The van der Waals surface area contributed by atoms with Crippen LogP contribution in [0, 0.1) is 10.8 Å². The molecule has 0 radical (unpaired) electrons. The molecule has 1 saturated heterocycles. The van der Waals surface area contributed by atoms with Gasteiger partial charge in [0, 0.05) is 5.41 Å². The number of ether oxygens (including phenoxy) is 2. The third-order valence-corrected chi connectivity index (χ3v) is 7.56. The lowest BCUT2D eigenvalue weighted by Crippen LogP contribution is -2.50. The monoisotopic (exact) mass is 408 g/mol. The molecule has 0 N–H and O–H groups in total. The lowest BCUT2D eigenvalue weighted by Gasteiger charge is -2.35. The fraction of sp³-hybridized carbons (Fsp3) is 0.600. The van der Waals surface area contributed by atoms with Crippen molar-refractivity contribution in [1.82, 2.24) is 0 Å². The number of hydrogen-bond acceptors (Lipinski definition) is 4. The fourth-order valence-corrected chi connectivity index (χ4v) is 4.53. The maximum atomic E-state index is 13.0. The molecule has 2 bridgehead atoms. The Balaban J connectivity index is 1.71. The molecule has 3 rings (SSSR count). The third kappa shape index (κ3) is 2.62. The molecule has 4 atom stereocenters. The smallest absolute Gasteiger partial charge is 0.351 e. The molecule has 1 aromatic rings. The van der Waals surface area contributed by atoms with Crippen LogP contribution in [0.25, 0.3) is 0 Å².